The smallest absolute Gasteiger partial charge is 0.302 e. The normalized spacial score (nSPS) is 11.2. The molecule has 0 aliphatic heterocycles. The predicted molar refractivity (Wildman–Crippen MR) is 116 cm³/mol. The molecule has 0 aliphatic carbocycles. The Kier molecular flexibility index (Phi) is 8.20. The van der Waals surface area contributed by atoms with Crippen molar-refractivity contribution in [1.29, 1.82) is 0 Å². The van der Waals surface area contributed by atoms with Gasteiger partial charge in [-0.2, -0.15) is 8.78 Å². The highest BCUT2D eigenvalue weighted by Crippen LogP contribution is 2.27. The molecule has 0 atom stereocenters. The van der Waals surface area contributed by atoms with Gasteiger partial charge in [-0.3, -0.25) is 14.9 Å². The van der Waals surface area contributed by atoms with Gasteiger partial charge in [-0.15, -0.1) is 0 Å². The minimum absolute atomic E-state index is 0.0193. The number of aromatic nitrogens is 3. The van der Waals surface area contributed by atoms with Crippen LogP contribution >= 0.6 is 11.6 Å². The zero-order valence-corrected chi connectivity index (χ0v) is 18.9. The van der Waals surface area contributed by atoms with Crippen molar-refractivity contribution < 1.29 is 23.1 Å². The Labute approximate surface area is 189 Å². The first-order valence-electron chi connectivity index (χ1n) is 9.65. The second-order valence-electron chi connectivity index (χ2n) is 7.45. The number of aryl methyl sites for hydroxylation is 1. The number of amides is 2. The number of anilines is 1. The number of rotatable bonds is 9. The summed E-state index contributed by atoms with van der Waals surface area (Å²) < 4.78 is 32.2. The summed E-state index contributed by atoms with van der Waals surface area (Å²) in [6.07, 6.45) is 1.35. The maximum absolute atomic E-state index is 13.6. The highest BCUT2D eigenvalue weighted by molar-refractivity contribution is 6.31. The molecule has 0 unspecified atom stereocenters. The minimum Gasteiger partial charge on any atom is -0.470 e. The molecule has 0 fully saturated rings. The number of hydrogen-bond donors (Lipinski definition) is 2. The number of carbonyl (C=O) groups is 2. The highest BCUT2D eigenvalue weighted by atomic mass is 35.5. The Balaban J connectivity index is 2.02. The van der Waals surface area contributed by atoms with Crippen LogP contribution in [0.5, 0.6) is 5.88 Å². The van der Waals surface area contributed by atoms with Crippen molar-refractivity contribution in [2.45, 2.75) is 40.2 Å². The van der Waals surface area contributed by atoms with Crippen molar-refractivity contribution in [3.05, 3.63) is 52.5 Å². The van der Waals surface area contributed by atoms with Crippen LogP contribution in [-0.4, -0.2) is 39.3 Å². The number of halogens is 3. The van der Waals surface area contributed by atoms with E-state index in [9.17, 15) is 18.4 Å². The fourth-order valence-corrected chi connectivity index (χ4v) is 2.46. The van der Waals surface area contributed by atoms with E-state index in [0.717, 1.165) is 0 Å². The molecule has 11 heteroatoms. The number of nitrogens with zero attached hydrogens (tertiary/aromatic N) is 3. The Bertz CT molecular complexity index is 1030. The van der Waals surface area contributed by atoms with Crippen molar-refractivity contribution in [1.82, 2.24) is 20.3 Å². The van der Waals surface area contributed by atoms with E-state index >= 15 is 0 Å². The van der Waals surface area contributed by atoms with E-state index in [0.29, 0.717) is 11.3 Å². The van der Waals surface area contributed by atoms with Crippen molar-refractivity contribution in [2.24, 2.45) is 5.92 Å². The maximum Gasteiger partial charge on any atom is 0.302 e. The summed E-state index contributed by atoms with van der Waals surface area (Å²) in [5.74, 6) is -4.38. The largest absolute Gasteiger partial charge is 0.470 e. The molecule has 2 aromatic heterocycles. The van der Waals surface area contributed by atoms with Gasteiger partial charge in [0.1, 0.15) is 10.7 Å². The SMILES string of the molecule is C=C(C)C(F)(F)COc1ncc(CNC(=O)c2cc(C)nc(NC(=O)C(C)C)n2)cc1Cl. The summed E-state index contributed by atoms with van der Waals surface area (Å²) in [5, 5.41) is 5.22. The number of ether oxygens (including phenoxy) is 1. The molecule has 0 aromatic carbocycles. The Morgan fingerprint density at radius 3 is 2.56 bits per heavy atom. The second kappa shape index (κ2) is 10.4. The Hall–Kier alpha value is -3.14. The fraction of sp³-hybridized carbons (Fsp3) is 0.381. The number of carbonyl (C=O) groups excluding carboxylic acids is 2. The van der Waals surface area contributed by atoms with Gasteiger partial charge in [0, 0.05) is 24.4 Å². The third kappa shape index (κ3) is 6.94. The highest BCUT2D eigenvalue weighted by Gasteiger charge is 2.31. The molecule has 0 saturated carbocycles. The summed E-state index contributed by atoms with van der Waals surface area (Å²) in [6, 6.07) is 2.92. The topological polar surface area (TPSA) is 106 Å². The van der Waals surface area contributed by atoms with Crippen molar-refractivity contribution in [3.63, 3.8) is 0 Å². The van der Waals surface area contributed by atoms with Crippen LogP contribution < -0.4 is 15.4 Å². The van der Waals surface area contributed by atoms with Crippen LogP contribution in [0.3, 0.4) is 0 Å². The molecule has 2 heterocycles. The van der Waals surface area contributed by atoms with Gasteiger partial charge in [-0.1, -0.05) is 32.0 Å². The molecule has 8 nitrogen and oxygen atoms in total. The average molecular weight is 468 g/mol. The van der Waals surface area contributed by atoms with Gasteiger partial charge >= 0.3 is 5.92 Å². The Morgan fingerprint density at radius 1 is 1.28 bits per heavy atom. The van der Waals surface area contributed by atoms with Gasteiger partial charge in [0.05, 0.1) is 0 Å². The van der Waals surface area contributed by atoms with Crippen molar-refractivity contribution in [3.8, 4) is 5.88 Å². The van der Waals surface area contributed by atoms with Gasteiger partial charge in [0.2, 0.25) is 17.7 Å². The van der Waals surface area contributed by atoms with Crippen molar-refractivity contribution in [2.75, 3.05) is 11.9 Å². The average Bonchev–Trinajstić information content (AvgIpc) is 2.70. The van der Waals surface area contributed by atoms with Crippen LogP contribution in [0, 0.1) is 12.8 Å². The van der Waals surface area contributed by atoms with E-state index in [-0.39, 0.29) is 46.5 Å². The van der Waals surface area contributed by atoms with E-state index in [2.05, 4.69) is 32.2 Å². The number of nitrogens with one attached hydrogen (secondary N) is 2. The quantitative estimate of drug-likeness (QED) is 0.541. The molecule has 0 radical (unpaired) electrons. The second-order valence-corrected chi connectivity index (χ2v) is 7.86. The molecule has 172 valence electrons. The zero-order valence-electron chi connectivity index (χ0n) is 18.1. The van der Waals surface area contributed by atoms with Crippen LogP contribution in [0.1, 0.15) is 42.5 Å². The molecular weight excluding hydrogens is 444 g/mol. The molecule has 0 bridgehead atoms. The number of alkyl halides is 2. The van der Waals surface area contributed by atoms with Crippen molar-refractivity contribution >= 4 is 29.4 Å². The number of hydrogen-bond acceptors (Lipinski definition) is 6. The molecular formula is C21H24ClF2N5O3. The molecule has 32 heavy (non-hydrogen) atoms. The summed E-state index contributed by atoms with van der Waals surface area (Å²) in [5.41, 5.74) is 0.751. The van der Waals surface area contributed by atoms with E-state index in [1.807, 2.05) is 0 Å². The van der Waals surface area contributed by atoms with Gasteiger partial charge < -0.3 is 10.1 Å². The Morgan fingerprint density at radius 2 is 1.97 bits per heavy atom. The molecule has 2 N–H and O–H groups in total. The summed E-state index contributed by atoms with van der Waals surface area (Å²) in [4.78, 5) is 36.4. The molecule has 2 rings (SSSR count). The summed E-state index contributed by atoms with van der Waals surface area (Å²) >= 11 is 6.06. The van der Waals surface area contributed by atoms with E-state index in [1.54, 1.807) is 20.8 Å². The first-order valence-corrected chi connectivity index (χ1v) is 10.0. The fourth-order valence-electron chi connectivity index (χ4n) is 2.22. The van der Waals surface area contributed by atoms with Crippen LogP contribution in [0.4, 0.5) is 14.7 Å². The molecule has 2 amide bonds. The van der Waals surface area contributed by atoms with Crippen LogP contribution in [0.2, 0.25) is 5.02 Å². The minimum atomic E-state index is -3.21. The molecule has 0 spiro atoms. The lowest BCUT2D eigenvalue weighted by molar-refractivity contribution is -0.118. The lowest BCUT2D eigenvalue weighted by atomic mass is 10.2. The number of pyridine rings is 1. The van der Waals surface area contributed by atoms with Gasteiger partial charge in [0.25, 0.3) is 5.91 Å². The van der Waals surface area contributed by atoms with Crippen LogP contribution in [0.15, 0.2) is 30.5 Å². The predicted octanol–water partition coefficient (Wildman–Crippen LogP) is 3.95. The zero-order chi connectivity index (χ0) is 24.1. The molecule has 0 saturated heterocycles. The summed E-state index contributed by atoms with van der Waals surface area (Å²) in [7, 11) is 0. The molecule has 2 aromatic rings. The van der Waals surface area contributed by atoms with Gasteiger partial charge in [-0.25, -0.2) is 15.0 Å². The van der Waals surface area contributed by atoms with Crippen LogP contribution in [-0.2, 0) is 11.3 Å². The van der Waals surface area contributed by atoms with Gasteiger partial charge in [-0.05, 0) is 37.1 Å². The molecule has 0 aliphatic rings. The monoisotopic (exact) mass is 467 g/mol. The van der Waals surface area contributed by atoms with E-state index < -0.39 is 18.4 Å². The van der Waals surface area contributed by atoms with Gasteiger partial charge in [0.15, 0.2) is 6.61 Å². The van der Waals surface area contributed by atoms with E-state index in [4.69, 9.17) is 16.3 Å². The van der Waals surface area contributed by atoms with E-state index in [1.165, 1.54) is 25.3 Å². The first-order chi connectivity index (χ1) is 14.9. The summed E-state index contributed by atoms with van der Waals surface area (Å²) in [6.45, 7) is 8.64. The maximum atomic E-state index is 13.6. The third-order valence-electron chi connectivity index (χ3n) is 4.18. The standard InChI is InChI=1S/C21H24ClF2N5O3/c1-11(2)17(30)29-20-27-13(5)6-16(28-20)18(31)25-8-14-7-15(22)19(26-9-14)32-10-21(23,24)12(3)4/h6-7,9,11H,3,8,10H2,1-2,4-5H3,(H,25,31)(H,27,28,29,30). The third-order valence-corrected chi connectivity index (χ3v) is 4.45. The van der Waals surface area contributed by atoms with Crippen LogP contribution in [0.25, 0.3) is 0 Å². The lowest BCUT2D eigenvalue weighted by Crippen LogP contribution is -2.27. The first kappa shape index (κ1) is 25.1. The lowest BCUT2D eigenvalue weighted by Gasteiger charge is -2.17.